The minimum atomic E-state index is 0. The van der Waals surface area contributed by atoms with Crippen LogP contribution in [0.2, 0.25) is 0 Å². The number of guanidine groups is 1. The van der Waals surface area contributed by atoms with E-state index in [1.165, 1.54) is 5.56 Å². The van der Waals surface area contributed by atoms with Crippen molar-refractivity contribution >= 4 is 35.8 Å². The Morgan fingerprint density at radius 3 is 2.54 bits per heavy atom. The average Bonchev–Trinajstić information content (AvgIpc) is 2.65. The van der Waals surface area contributed by atoms with Crippen LogP contribution in [0, 0.1) is 0 Å². The highest BCUT2D eigenvalue weighted by atomic mass is 127. The number of halogens is 1. The van der Waals surface area contributed by atoms with Crippen molar-refractivity contribution in [2.45, 2.75) is 26.3 Å². The minimum absolute atomic E-state index is 0. The number of hydrogen-bond donors (Lipinski definition) is 2. The van der Waals surface area contributed by atoms with Crippen molar-refractivity contribution in [2.24, 2.45) is 4.99 Å². The van der Waals surface area contributed by atoms with Gasteiger partial charge in [-0.15, -0.1) is 24.0 Å². The van der Waals surface area contributed by atoms with Gasteiger partial charge in [-0.2, -0.15) is 0 Å². The zero-order valence-electron chi connectivity index (χ0n) is 15.7. The zero-order chi connectivity index (χ0) is 17.7. The Labute approximate surface area is 174 Å². The van der Waals surface area contributed by atoms with Gasteiger partial charge in [0.1, 0.15) is 5.82 Å². The summed E-state index contributed by atoms with van der Waals surface area (Å²) in [7, 11) is 2.08. The summed E-state index contributed by atoms with van der Waals surface area (Å²) in [5.74, 6) is 1.89. The lowest BCUT2D eigenvalue weighted by molar-refractivity contribution is 0.476. The summed E-state index contributed by atoms with van der Waals surface area (Å²) < 4.78 is 0. The summed E-state index contributed by atoms with van der Waals surface area (Å²) in [5, 5.41) is 6.70. The van der Waals surface area contributed by atoms with Gasteiger partial charge < -0.3 is 15.5 Å². The maximum Gasteiger partial charge on any atom is 0.193 e. The van der Waals surface area contributed by atoms with Gasteiger partial charge in [0.25, 0.3) is 0 Å². The molecule has 2 N–H and O–H groups in total. The minimum Gasteiger partial charge on any atom is -0.370 e. The summed E-state index contributed by atoms with van der Waals surface area (Å²) >= 11 is 0. The molecule has 0 bridgehead atoms. The normalized spacial score (nSPS) is 10.8. The van der Waals surface area contributed by atoms with Crippen LogP contribution in [-0.2, 0) is 6.54 Å². The number of aliphatic imine (C=N–C) groups is 1. The number of aromatic nitrogens is 1. The summed E-state index contributed by atoms with van der Waals surface area (Å²) in [6, 6.07) is 16.4. The Morgan fingerprint density at radius 1 is 1.08 bits per heavy atom. The van der Waals surface area contributed by atoms with E-state index >= 15 is 0 Å². The van der Waals surface area contributed by atoms with E-state index in [1.54, 1.807) is 6.20 Å². The van der Waals surface area contributed by atoms with Crippen LogP contribution in [0.4, 0.5) is 5.82 Å². The third-order valence-corrected chi connectivity index (χ3v) is 3.78. The molecular formula is C20H30IN5. The molecule has 0 saturated heterocycles. The molecule has 0 aliphatic rings. The van der Waals surface area contributed by atoms with E-state index in [-0.39, 0.29) is 24.0 Å². The molecule has 6 heteroatoms. The second-order valence-electron chi connectivity index (χ2n) is 5.93. The van der Waals surface area contributed by atoms with Gasteiger partial charge in [-0.1, -0.05) is 36.4 Å². The molecule has 0 radical (unpaired) electrons. The second kappa shape index (κ2) is 13.4. The van der Waals surface area contributed by atoms with Crippen molar-refractivity contribution < 1.29 is 0 Å². The third kappa shape index (κ3) is 8.51. The van der Waals surface area contributed by atoms with E-state index in [9.17, 15) is 0 Å². The lowest BCUT2D eigenvalue weighted by Gasteiger charge is -2.22. The zero-order valence-corrected chi connectivity index (χ0v) is 18.0. The van der Waals surface area contributed by atoms with Crippen LogP contribution < -0.4 is 10.6 Å². The molecule has 1 aromatic heterocycles. The van der Waals surface area contributed by atoms with E-state index < -0.39 is 0 Å². The van der Waals surface area contributed by atoms with Gasteiger partial charge >= 0.3 is 0 Å². The molecule has 0 aliphatic carbocycles. The highest BCUT2D eigenvalue weighted by Crippen LogP contribution is 2.04. The molecule has 0 amide bonds. The third-order valence-electron chi connectivity index (χ3n) is 3.78. The number of nitrogens with zero attached hydrogens (tertiary/aromatic N) is 3. The van der Waals surface area contributed by atoms with Crippen LogP contribution in [0.15, 0.2) is 59.7 Å². The predicted molar refractivity (Wildman–Crippen MR) is 121 cm³/mol. The van der Waals surface area contributed by atoms with Gasteiger partial charge in [-0.3, -0.25) is 4.99 Å². The van der Waals surface area contributed by atoms with E-state index in [0.717, 1.165) is 50.8 Å². The lowest BCUT2D eigenvalue weighted by Crippen LogP contribution is -2.38. The monoisotopic (exact) mass is 467 g/mol. The quantitative estimate of drug-likeness (QED) is 0.254. The summed E-state index contributed by atoms with van der Waals surface area (Å²) in [6.45, 7) is 5.57. The van der Waals surface area contributed by atoms with E-state index in [2.05, 4.69) is 58.8 Å². The van der Waals surface area contributed by atoms with Gasteiger partial charge in [0.05, 0.1) is 0 Å². The number of anilines is 1. The number of hydrogen-bond acceptors (Lipinski definition) is 3. The number of rotatable bonds is 9. The first-order valence-electron chi connectivity index (χ1n) is 8.98. The molecule has 0 fully saturated rings. The van der Waals surface area contributed by atoms with Crippen molar-refractivity contribution in [3.8, 4) is 0 Å². The van der Waals surface area contributed by atoms with Crippen molar-refractivity contribution in [1.29, 1.82) is 0 Å². The number of benzene rings is 1. The highest BCUT2D eigenvalue weighted by Gasteiger charge is 2.05. The van der Waals surface area contributed by atoms with Crippen LogP contribution in [0.5, 0.6) is 0 Å². The fourth-order valence-corrected chi connectivity index (χ4v) is 2.51. The molecule has 2 aromatic rings. The maximum atomic E-state index is 4.74. The van der Waals surface area contributed by atoms with E-state index in [0.29, 0.717) is 0 Å². The Kier molecular flexibility index (Phi) is 11.4. The largest absolute Gasteiger partial charge is 0.370 e. The predicted octanol–water partition coefficient (Wildman–Crippen LogP) is 3.99. The number of unbranched alkanes of at least 4 members (excludes halogenated alkanes) is 1. The molecule has 5 nitrogen and oxygen atoms in total. The molecule has 1 heterocycles. The Bertz CT molecular complexity index is 619. The molecule has 0 unspecified atom stereocenters. The Balaban J connectivity index is 0.00000338. The molecule has 0 spiro atoms. The molecule has 0 saturated carbocycles. The fourth-order valence-electron chi connectivity index (χ4n) is 2.51. The summed E-state index contributed by atoms with van der Waals surface area (Å²) in [6.07, 6.45) is 3.92. The van der Waals surface area contributed by atoms with Crippen LogP contribution in [0.3, 0.4) is 0 Å². The summed E-state index contributed by atoms with van der Waals surface area (Å²) in [4.78, 5) is 11.2. The maximum absolute atomic E-state index is 4.74. The van der Waals surface area contributed by atoms with Crippen molar-refractivity contribution in [2.75, 3.05) is 32.0 Å². The van der Waals surface area contributed by atoms with Gasteiger partial charge in [-0.25, -0.2) is 4.98 Å². The standard InChI is InChI=1S/C20H29N5.HI/c1-3-21-20(25(2)17-18-11-5-4-6-12-18)24-16-10-9-15-23-19-13-7-8-14-22-19;/h4-8,11-14H,3,9-10,15-17H2,1-2H3,(H,21,24)(H,22,23);1H. The molecule has 0 aliphatic heterocycles. The van der Waals surface area contributed by atoms with Crippen LogP contribution in [-0.4, -0.2) is 42.5 Å². The molecule has 1 aromatic carbocycles. The van der Waals surface area contributed by atoms with Crippen molar-refractivity contribution in [1.82, 2.24) is 15.2 Å². The first-order chi connectivity index (χ1) is 12.3. The fraction of sp³-hybridized carbons (Fsp3) is 0.400. The van der Waals surface area contributed by atoms with Gasteiger partial charge in [0.2, 0.25) is 0 Å². The highest BCUT2D eigenvalue weighted by molar-refractivity contribution is 14.0. The Morgan fingerprint density at radius 2 is 1.85 bits per heavy atom. The smallest absolute Gasteiger partial charge is 0.193 e. The van der Waals surface area contributed by atoms with Crippen LogP contribution >= 0.6 is 24.0 Å². The molecule has 2 rings (SSSR count). The first kappa shape index (κ1) is 22.2. The molecule has 142 valence electrons. The van der Waals surface area contributed by atoms with Gasteiger partial charge in [-0.05, 0) is 37.5 Å². The van der Waals surface area contributed by atoms with E-state index in [4.69, 9.17) is 4.99 Å². The average molecular weight is 467 g/mol. The Hall–Kier alpha value is -1.83. The van der Waals surface area contributed by atoms with Gasteiger partial charge in [0, 0.05) is 39.4 Å². The second-order valence-corrected chi connectivity index (χ2v) is 5.93. The van der Waals surface area contributed by atoms with Crippen molar-refractivity contribution in [3.05, 3.63) is 60.3 Å². The van der Waals surface area contributed by atoms with E-state index in [1.807, 2.05) is 24.3 Å². The molecular weight excluding hydrogens is 437 g/mol. The lowest BCUT2D eigenvalue weighted by atomic mass is 10.2. The topological polar surface area (TPSA) is 52.6 Å². The van der Waals surface area contributed by atoms with Crippen LogP contribution in [0.25, 0.3) is 0 Å². The molecule has 26 heavy (non-hydrogen) atoms. The van der Waals surface area contributed by atoms with Gasteiger partial charge in [0.15, 0.2) is 5.96 Å². The SMILES string of the molecule is CCNC(=NCCCCNc1ccccn1)N(C)Cc1ccccc1.I. The van der Waals surface area contributed by atoms with Crippen molar-refractivity contribution in [3.63, 3.8) is 0 Å². The van der Waals surface area contributed by atoms with Crippen LogP contribution in [0.1, 0.15) is 25.3 Å². The summed E-state index contributed by atoms with van der Waals surface area (Å²) in [5.41, 5.74) is 1.29. The molecule has 0 atom stereocenters. The number of nitrogens with one attached hydrogen (secondary N) is 2. The number of pyridine rings is 1. The first-order valence-corrected chi connectivity index (χ1v) is 8.98.